The average Bonchev–Trinajstić information content (AvgIpc) is 2.71. The SMILES string of the molecule is O=[N+]([O-])c1ccc2c(c1)=NC1CCCN1C=2. The van der Waals surface area contributed by atoms with Gasteiger partial charge in [0.15, 0.2) is 0 Å². The van der Waals surface area contributed by atoms with Gasteiger partial charge in [-0.3, -0.25) is 15.1 Å². The van der Waals surface area contributed by atoms with Crippen LogP contribution in [-0.4, -0.2) is 22.5 Å². The Labute approximate surface area is 91.9 Å². The van der Waals surface area contributed by atoms with Crippen molar-refractivity contribution in [1.29, 1.82) is 0 Å². The molecule has 1 unspecified atom stereocenters. The van der Waals surface area contributed by atoms with Crippen molar-refractivity contribution in [1.82, 2.24) is 4.90 Å². The lowest BCUT2D eigenvalue weighted by atomic mass is 10.2. The Morgan fingerprint density at radius 2 is 2.38 bits per heavy atom. The van der Waals surface area contributed by atoms with Gasteiger partial charge in [-0.25, -0.2) is 0 Å². The maximum atomic E-state index is 10.7. The Balaban J connectivity index is 2.17. The number of nitrogens with zero attached hydrogens (tertiary/aromatic N) is 3. The second-order valence-corrected chi connectivity index (χ2v) is 4.12. The minimum atomic E-state index is -0.378. The first-order valence-electron chi connectivity index (χ1n) is 5.34. The molecule has 0 bridgehead atoms. The van der Waals surface area contributed by atoms with E-state index in [-0.39, 0.29) is 16.8 Å². The third-order valence-corrected chi connectivity index (χ3v) is 3.08. The van der Waals surface area contributed by atoms with Crippen molar-refractivity contribution < 1.29 is 4.92 Å². The van der Waals surface area contributed by atoms with Crippen LogP contribution >= 0.6 is 0 Å². The number of non-ortho nitro benzene ring substituents is 1. The number of hydrogen-bond donors (Lipinski definition) is 0. The van der Waals surface area contributed by atoms with E-state index in [0.717, 1.165) is 30.0 Å². The lowest BCUT2D eigenvalue weighted by Crippen LogP contribution is -2.38. The second kappa shape index (κ2) is 3.30. The molecule has 1 aromatic rings. The Hall–Kier alpha value is -1.91. The van der Waals surface area contributed by atoms with Gasteiger partial charge in [0.1, 0.15) is 6.17 Å². The van der Waals surface area contributed by atoms with Crippen LogP contribution in [0.15, 0.2) is 23.2 Å². The molecule has 0 N–H and O–H groups in total. The van der Waals surface area contributed by atoms with Crippen LogP contribution in [0.3, 0.4) is 0 Å². The van der Waals surface area contributed by atoms with Crippen LogP contribution < -0.4 is 10.6 Å². The molecule has 2 aliphatic rings. The van der Waals surface area contributed by atoms with E-state index < -0.39 is 0 Å². The topological polar surface area (TPSA) is 58.7 Å². The molecule has 16 heavy (non-hydrogen) atoms. The first kappa shape index (κ1) is 9.33. The molecule has 1 aromatic carbocycles. The summed E-state index contributed by atoms with van der Waals surface area (Å²) in [5, 5.41) is 12.4. The van der Waals surface area contributed by atoms with Crippen LogP contribution in [-0.2, 0) is 0 Å². The molecule has 3 rings (SSSR count). The van der Waals surface area contributed by atoms with E-state index in [1.807, 2.05) is 0 Å². The van der Waals surface area contributed by atoms with Crippen molar-refractivity contribution >= 4 is 11.9 Å². The Kier molecular flexibility index (Phi) is 1.92. The number of nitro benzene ring substituents is 1. The van der Waals surface area contributed by atoms with E-state index in [2.05, 4.69) is 16.1 Å². The predicted octanol–water partition coefficient (Wildman–Crippen LogP) is 0.388. The fourth-order valence-electron chi connectivity index (χ4n) is 2.27. The highest BCUT2D eigenvalue weighted by Gasteiger charge is 2.23. The zero-order valence-electron chi connectivity index (χ0n) is 8.67. The van der Waals surface area contributed by atoms with Crippen LogP contribution in [0.2, 0.25) is 0 Å². The van der Waals surface area contributed by atoms with Crippen LogP contribution in [0.25, 0.3) is 6.20 Å². The minimum absolute atomic E-state index is 0.113. The van der Waals surface area contributed by atoms with Crippen molar-refractivity contribution in [3.8, 4) is 0 Å². The highest BCUT2D eigenvalue weighted by atomic mass is 16.6. The lowest BCUT2D eigenvalue weighted by molar-refractivity contribution is -0.385. The third-order valence-electron chi connectivity index (χ3n) is 3.08. The van der Waals surface area contributed by atoms with Gasteiger partial charge in [0.25, 0.3) is 5.69 Å². The number of nitro groups is 1. The number of rotatable bonds is 1. The van der Waals surface area contributed by atoms with Crippen LogP contribution in [0, 0.1) is 10.1 Å². The maximum absolute atomic E-state index is 10.7. The summed E-state index contributed by atoms with van der Waals surface area (Å²) in [5.41, 5.74) is 0.113. The first-order valence-corrected chi connectivity index (χ1v) is 5.34. The molecule has 0 spiro atoms. The second-order valence-electron chi connectivity index (χ2n) is 4.12. The fraction of sp³-hybridized carbons (Fsp3) is 0.364. The molecular formula is C11H11N3O2. The van der Waals surface area contributed by atoms with Gasteiger partial charge < -0.3 is 4.90 Å². The van der Waals surface area contributed by atoms with Crippen molar-refractivity contribution in [2.24, 2.45) is 4.99 Å². The molecule has 0 saturated carbocycles. The molecule has 0 amide bonds. The van der Waals surface area contributed by atoms with Crippen molar-refractivity contribution in [2.45, 2.75) is 19.0 Å². The minimum Gasteiger partial charge on any atom is -0.355 e. The molecule has 0 radical (unpaired) electrons. The summed E-state index contributed by atoms with van der Waals surface area (Å²) >= 11 is 0. The third kappa shape index (κ3) is 1.36. The zero-order valence-corrected chi connectivity index (χ0v) is 8.67. The Morgan fingerprint density at radius 3 is 3.19 bits per heavy atom. The highest BCUT2D eigenvalue weighted by Crippen LogP contribution is 2.19. The number of fused-ring (bicyclic) bond motifs is 2. The summed E-state index contributed by atoms with van der Waals surface area (Å²) in [7, 11) is 0. The van der Waals surface area contributed by atoms with Gasteiger partial charge in [-0.15, -0.1) is 0 Å². The van der Waals surface area contributed by atoms with Crippen molar-refractivity contribution in [3.05, 3.63) is 38.9 Å². The molecule has 82 valence electrons. The Bertz CT molecular complexity index is 567. The molecule has 2 aliphatic heterocycles. The quantitative estimate of drug-likeness (QED) is 0.505. The maximum Gasteiger partial charge on any atom is 0.271 e. The van der Waals surface area contributed by atoms with Gasteiger partial charge in [0.05, 0.1) is 10.3 Å². The summed E-state index contributed by atoms with van der Waals surface area (Å²) in [5.74, 6) is 0. The summed E-state index contributed by atoms with van der Waals surface area (Å²) in [6, 6.07) is 4.86. The van der Waals surface area contributed by atoms with Crippen LogP contribution in [0.1, 0.15) is 12.8 Å². The van der Waals surface area contributed by atoms with E-state index in [4.69, 9.17) is 0 Å². The van der Waals surface area contributed by atoms with Gasteiger partial charge >= 0.3 is 0 Å². The molecule has 1 saturated heterocycles. The summed E-state index contributed by atoms with van der Waals surface area (Å²) in [6.45, 7) is 1.03. The van der Waals surface area contributed by atoms with E-state index in [1.54, 1.807) is 12.1 Å². The standard InChI is InChI=1S/C11H11N3O2/c15-14(16)9-4-3-8-7-13-5-1-2-11(13)12-10(8)6-9/h3-4,6-7,11H,1-2,5H2. The molecular weight excluding hydrogens is 206 g/mol. The number of benzene rings is 1. The van der Waals surface area contributed by atoms with Gasteiger partial charge in [-0.1, -0.05) is 0 Å². The smallest absolute Gasteiger partial charge is 0.271 e. The van der Waals surface area contributed by atoms with Crippen LogP contribution in [0.4, 0.5) is 5.69 Å². The van der Waals surface area contributed by atoms with E-state index in [9.17, 15) is 10.1 Å². The largest absolute Gasteiger partial charge is 0.355 e. The average molecular weight is 217 g/mol. The zero-order chi connectivity index (χ0) is 11.1. The molecule has 5 heteroatoms. The fourth-order valence-corrected chi connectivity index (χ4v) is 2.27. The van der Waals surface area contributed by atoms with Gasteiger partial charge in [0, 0.05) is 30.1 Å². The van der Waals surface area contributed by atoms with Crippen LogP contribution in [0.5, 0.6) is 0 Å². The summed E-state index contributed by atoms with van der Waals surface area (Å²) in [6.07, 6.45) is 4.43. The Morgan fingerprint density at radius 1 is 1.50 bits per heavy atom. The van der Waals surface area contributed by atoms with E-state index in [0.29, 0.717) is 0 Å². The van der Waals surface area contributed by atoms with Crippen molar-refractivity contribution in [2.75, 3.05) is 6.54 Å². The van der Waals surface area contributed by atoms with E-state index in [1.165, 1.54) is 6.07 Å². The van der Waals surface area contributed by atoms with Gasteiger partial charge in [-0.05, 0) is 18.9 Å². The molecule has 5 nitrogen and oxygen atoms in total. The normalized spacial score (nSPS) is 21.8. The van der Waals surface area contributed by atoms with Gasteiger partial charge in [0.2, 0.25) is 0 Å². The number of hydrogen-bond acceptors (Lipinski definition) is 4. The molecule has 0 aliphatic carbocycles. The van der Waals surface area contributed by atoms with Gasteiger partial charge in [-0.2, -0.15) is 0 Å². The monoisotopic (exact) mass is 217 g/mol. The predicted molar refractivity (Wildman–Crippen MR) is 58.1 cm³/mol. The molecule has 0 aromatic heterocycles. The molecule has 1 fully saturated rings. The molecule has 1 atom stereocenters. The summed E-state index contributed by atoms with van der Waals surface area (Å²) in [4.78, 5) is 17.0. The lowest BCUT2D eigenvalue weighted by Gasteiger charge is -2.21. The first-order chi connectivity index (χ1) is 7.74. The molecule has 2 heterocycles. The van der Waals surface area contributed by atoms with Crippen molar-refractivity contribution in [3.63, 3.8) is 0 Å². The highest BCUT2D eigenvalue weighted by molar-refractivity contribution is 5.34. The van der Waals surface area contributed by atoms with E-state index >= 15 is 0 Å². The summed E-state index contributed by atoms with van der Waals surface area (Å²) < 4.78 is 0.